The van der Waals surface area contributed by atoms with E-state index in [2.05, 4.69) is 31.0 Å². The predicted molar refractivity (Wildman–Crippen MR) is 82.6 cm³/mol. The zero-order valence-electron chi connectivity index (χ0n) is 12.8. The van der Waals surface area contributed by atoms with Crippen LogP contribution in [0.5, 0.6) is 0 Å². The molecule has 2 atom stereocenters. The van der Waals surface area contributed by atoms with E-state index in [1.165, 1.54) is 0 Å². The monoisotopic (exact) mass is 274 g/mol. The maximum atomic E-state index is 12.6. The number of rotatable bonds is 4. The number of hydrogen-bond acceptors (Lipinski definition) is 2. The Labute approximate surface area is 122 Å². The van der Waals surface area contributed by atoms with Crippen LogP contribution in [0, 0.1) is 5.92 Å². The number of amides is 1. The van der Waals surface area contributed by atoms with Gasteiger partial charge in [-0.1, -0.05) is 44.2 Å². The van der Waals surface area contributed by atoms with Crippen molar-refractivity contribution < 1.29 is 4.79 Å². The lowest BCUT2D eigenvalue weighted by Crippen LogP contribution is -2.58. The summed E-state index contributed by atoms with van der Waals surface area (Å²) < 4.78 is 0. The normalized spacial score (nSPS) is 23.1. The standard InChI is InChI=1S/C17H26N2O/c1-13(2)9-16-11-18-14(3)12-19(16)17(20)10-15-7-5-4-6-8-15/h4-8,13-14,16,18H,9-12H2,1-3H3. The van der Waals surface area contributed by atoms with Crippen LogP contribution in [-0.2, 0) is 11.2 Å². The lowest BCUT2D eigenvalue weighted by Gasteiger charge is -2.40. The average molecular weight is 274 g/mol. The molecule has 2 unspecified atom stereocenters. The topological polar surface area (TPSA) is 32.3 Å². The molecule has 1 saturated heterocycles. The molecule has 2 rings (SSSR count). The Balaban J connectivity index is 2.03. The lowest BCUT2D eigenvalue weighted by atomic mass is 9.98. The molecule has 1 amide bonds. The maximum absolute atomic E-state index is 12.6. The smallest absolute Gasteiger partial charge is 0.227 e. The van der Waals surface area contributed by atoms with Crippen LogP contribution >= 0.6 is 0 Å². The first-order valence-corrected chi connectivity index (χ1v) is 7.63. The molecular weight excluding hydrogens is 248 g/mol. The van der Waals surface area contributed by atoms with E-state index in [1.807, 2.05) is 30.3 Å². The van der Waals surface area contributed by atoms with E-state index in [4.69, 9.17) is 0 Å². The Morgan fingerprint density at radius 3 is 2.70 bits per heavy atom. The molecule has 1 aromatic rings. The minimum atomic E-state index is 0.259. The highest BCUT2D eigenvalue weighted by atomic mass is 16.2. The van der Waals surface area contributed by atoms with Crippen LogP contribution in [0.3, 0.4) is 0 Å². The molecule has 0 radical (unpaired) electrons. The highest BCUT2D eigenvalue weighted by Crippen LogP contribution is 2.17. The van der Waals surface area contributed by atoms with Crippen molar-refractivity contribution in [1.82, 2.24) is 10.2 Å². The number of nitrogens with one attached hydrogen (secondary N) is 1. The van der Waals surface area contributed by atoms with Gasteiger partial charge in [0, 0.05) is 25.2 Å². The second-order valence-corrected chi connectivity index (χ2v) is 6.30. The molecular formula is C17H26N2O. The van der Waals surface area contributed by atoms with Gasteiger partial charge in [0.05, 0.1) is 6.42 Å². The zero-order valence-corrected chi connectivity index (χ0v) is 12.8. The van der Waals surface area contributed by atoms with Crippen molar-refractivity contribution in [1.29, 1.82) is 0 Å². The highest BCUT2D eigenvalue weighted by Gasteiger charge is 2.29. The van der Waals surface area contributed by atoms with Gasteiger partial charge >= 0.3 is 0 Å². The summed E-state index contributed by atoms with van der Waals surface area (Å²) in [5.74, 6) is 0.873. The summed E-state index contributed by atoms with van der Waals surface area (Å²) in [4.78, 5) is 14.7. The second-order valence-electron chi connectivity index (χ2n) is 6.30. The van der Waals surface area contributed by atoms with Crippen LogP contribution < -0.4 is 5.32 Å². The molecule has 0 aliphatic carbocycles. The molecule has 1 aliphatic heterocycles. The molecule has 0 bridgehead atoms. The van der Waals surface area contributed by atoms with Gasteiger partial charge in [-0.2, -0.15) is 0 Å². The summed E-state index contributed by atoms with van der Waals surface area (Å²) in [6.45, 7) is 8.33. The van der Waals surface area contributed by atoms with Gasteiger partial charge in [0.15, 0.2) is 0 Å². The van der Waals surface area contributed by atoms with Crippen LogP contribution in [0.15, 0.2) is 30.3 Å². The van der Waals surface area contributed by atoms with E-state index in [0.29, 0.717) is 24.4 Å². The number of carbonyl (C=O) groups is 1. The molecule has 1 aromatic carbocycles. The molecule has 1 N–H and O–H groups in total. The van der Waals surface area contributed by atoms with E-state index in [0.717, 1.165) is 25.1 Å². The summed E-state index contributed by atoms with van der Waals surface area (Å²) in [5.41, 5.74) is 1.10. The summed E-state index contributed by atoms with van der Waals surface area (Å²) >= 11 is 0. The van der Waals surface area contributed by atoms with Crippen molar-refractivity contribution in [2.45, 2.75) is 45.7 Å². The fourth-order valence-electron chi connectivity index (χ4n) is 2.89. The van der Waals surface area contributed by atoms with Crippen LogP contribution in [0.2, 0.25) is 0 Å². The minimum Gasteiger partial charge on any atom is -0.337 e. The van der Waals surface area contributed by atoms with Gasteiger partial charge in [0.1, 0.15) is 0 Å². The third kappa shape index (κ3) is 4.07. The minimum absolute atomic E-state index is 0.259. The molecule has 1 fully saturated rings. The van der Waals surface area contributed by atoms with Gasteiger partial charge in [0.25, 0.3) is 0 Å². The molecule has 1 heterocycles. The van der Waals surface area contributed by atoms with E-state index >= 15 is 0 Å². The highest BCUT2D eigenvalue weighted by molar-refractivity contribution is 5.79. The third-order valence-corrected chi connectivity index (χ3v) is 3.88. The molecule has 1 aliphatic rings. The first kappa shape index (κ1) is 15.0. The molecule has 0 saturated carbocycles. The number of piperazine rings is 1. The van der Waals surface area contributed by atoms with Crippen LogP contribution in [0.25, 0.3) is 0 Å². The Morgan fingerprint density at radius 2 is 2.05 bits per heavy atom. The average Bonchev–Trinajstić information content (AvgIpc) is 2.41. The van der Waals surface area contributed by atoms with Crippen molar-refractivity contribution >= 4 is 5.91 Å². The number of nitrogens with zero attached hydrogens (tertiary/aromatic N) is 1. The summed E-state index contributed by atoms with van der Waals surface area (Å²) in [5, 5.41) is 3.49. The third-order valence-electron chi connectivity index (χ3n) is 3.88. The summed E-state index contributed by atoms with van der Waals surface area (Å²) in [6.07, 6.45) is 1.59. The molecule has 0 aromatic heterocycles. The summed E-state index contributed by atoms with van der Waals surface area (Å²) in [7, 11) is 0. The molecule has 0 spiro atoms. The van der Waals surface area contributed by atoms with Gasteiger partial charge in [-0.25, -0.2) is 0 Å². The van der Waals surface area contributed by atoms with E-state index in [1.54, 1.807) is 0 Å². The SMILES string of the molecule is CC(C)CC1CNC(C)CN1C(=O)Cc1ccccc1. The fourth-order valence-corrected chi connectivity index (χ4v) is 2.89. The van der Waals surface area contributed by atoms with Crippen molar-refractivity contribution in [3.63, 3.8) is 0 Å². The number of benzene rings is 1. The van der Waals surface area contributed by atoms with Gasteiger partial charge in [-0.15, -0.1) is 0 Å². The van der Waals surface area contributed by atoms with Crippen molar-refractivity contribution in [2.24, 2.45) is 5.92 Å². The van der Waals surface area contributed by atoms with Crippen molar-refractivity contribution in [2.75, 3.05) is 13.1 Å². The van der Waals surface area contributed by atoms with Crippen molar-refractivity contribution in [3.8, 4) is 0 Å². The lowest BCUT2D eigenvalue weighted by molar-refractivity contribution is -0.134. The molecule has 110 valence electrons. The quantitative estimate of drug-likeness (QED) is 0.915. The second kappa shape index (κ2) is 6.89. The van der Waals surface area contributed by atoms with E-state index in [9.17, 15) is 4.79 Å². The van der Waals surface area contributed by atoms with Crippen LogP contribution in [0.1, 0.15) is 32.8 Å². The van der Waals surface area contributed by atoms with E-state index < -0.39 is 0 Å². The van der Waals surface area contributed by atoms with E-state index in [-0.39, 0.29) is 5.91 Å². The maximum Gasteiger partial charge on any atom is 0.227 e. The molecule has 3 nitrogen and oxygen atoms in total. The largest absolute Gasteiger partial charge is 0.337 e. The van der Waals surface area contributed by atoms with Crippen LogP contribution in [0.4, 0.5) is 0 Å². The fraction of sp³-hybridized carbons (Fsp3) is 0.588. The Hall–Kier alpha value is -1.35. The van der Waals surface area contributed by atoms with Crippen LogP contribution in [-0.4, -0.2) is 36.0 Å². The summed E-state index contributed by atoms with van der Waals surface area (Å²) in [6, 6.07) is 10.8. The van der Waals surface area contributed by atoms with Crippen molar-refractivity contribution in [3.05, 3.63) is 35.9 Å². The number of carbonyl (C=O) groups excluding carboxylic acids is 1. The Kier molecular flexibility index (Phi) is 5.18. The Bertz CT molecular complexity index is 430. The number of hydrogen-bond donors (Lipinski definition) is 1. The van der Waals surface area contributed by atoms with Gasteiger partial charge in [-0.3, -0.25) is 4.79 Å². The molecule has 3 heteroatoms. The predicted octanol–water partition coefficient (Wildman–Crippen LogP) is 2.46. The zero-order chi connectivity index (χ0) is 14.5. The van der Waals surface area contributed by atoms with Gasteiger partial charge in [0.2, 0.25) is 5.91 Å². The first-order valence-electron chi connectivity index (χ1n) is 7.63. The van der Waals surface area contributed by atoms with Gasteiger partial charge < -0.3 is 10.2 Å². The Morgan fingerprint density at radius 1 is 1.35 bits per heavy atom. The van der Waals surface area contributed by atoms with Gasteiger partial charge in [-0.05, 0) is 24.8 Å². The molecule has 20 heavy (non-hydrogen) atoms. The first-order chi connectivity index (χ1) is 9.56.